The first-order valence-electron chi connectivity index (χ1n) is 20.7. The third-order valence-electron chi connectivity index (χ3n) is 13.6. The molecule has 8 fully saturated rings. The fraction of sp³-hybridized carbons (Fsp3) is 0.610. The predicted octanol–water partition coefficient (Wildman–Crippen LogP) is 2.18. The Labute approximate surface area is 339 Å². The number of urea groups is 2. The number of nitrogens with zero attached hydrogens (tertiary/aromatic N) is 5. The SMILES string of the molecule is CS(=O)(=O)N1CC2(CC(NC(=O)[C@@H]3CC[C@@H]4CN3C(=O)N4OCc3ccccc3)C2)C1.O=C(NC1CC2(CNC2)C1)[C@@H]1CC[C@@H]2CN1C(=O)N2OCc1ccccc1. The molecule has 312 valence electrons. The van der Waals surface area contributed by atoms with Crippen LogP contribution in [0.1, 0.15) is 62.5 Å². The molecule has 4 bridgehead atoms. The molecule has 2 aromatic carbocycles. The van der Waals surface area contributed by atoms with E-state index in [0.717, 1.165) is 62.7 Å². The van der Waals surface area contributed by atoms with E-state index in [4.69, 9.17) is 9.68 Å². The molecule has 6 aliphatic heterocycles. The normalized spacial score (nSPS) is 29.2. The van der Waals surface area contributed by atoms with Gasteiger partial charge < -0.3 is 25.8 Å². The lowest BCUT2D eigenvalue weighted by atomic mass is 9.61. The maximum Gasteiger partial charge on any atom is 0.345 e. The number of carbonyl (C=O) groups is 4. The van der Waals surface area contributed by atoms with E-state index in [1.807, 2.05) is 60.7 Å². The van der Waals surface area contributed by atoms with Crippen LogP contribution in [0, 0.1) is 10.8 Å². The van der Waals surface area contributed by atoms with Gasteiger partial charge in [-0.1, -0.05) is 60.7 Å². The number of carbonyl (C=O) groups excluding carboxylic acids is 4. The van der Waals surface area contributed by atoms with Gasteiger partial charge >= 0.3 is 12.1 Å². The van der Waals surface area contributed by atoms with Crippen molar-refractivity contribution >= 4 is 33.9 Å². The Morgan fingerprint density at radius 1 is 0.690 bits per heavy atom. The summed E-state index contributed by atoms with van der Waals surface area (Å²) in [5.41, 5.74) is 2.47. The Bertz CT molecular complexity index is 1980. The van der Waals surface area contributed by atoms with Crippen LogP contribution in [0.5, 0.6) is 0 Å². The van der Waals surface area contributed by atoms with Gasteiger partial charge in [-0.2, -0.15) is 10.1 Å². The minimum absolute atomic E-state index is 0.00107. The standard InChI is InChI=1S/C21H28N4O5S.C20H26N4O3/c1-31(28,29)23-13-21(14-23)9-16(10-21)22-19(26)18-8-7-17-11-24(18)20(27)25(17)30-12-15-5-3-2-4-6-15;25-18(22-15-8-20(9-15)12-21-13-20)17-7-6-16-10-23(17)19(26)24(16)27-11-14-4-2-1-3-5-14/h2-6,16-18H,7-14H2,1H3,(H,22,26);1-5,15-17,21H,6-13H2,(H,22,25)/t17-,18+;16-,17+/m11/s1. The number of fused-ring (bicyclic) bond motifs is 4. The largest absolute Gasteiger partial charge is 0.352 e. The van der Waals surface area contributed by atoms with Crippen molar-refractivity contribution in [3.8, 4) is 0 Å². The topological polar surface area (TPSA) is 173 Å². The van der Waals surface area contributed by atoms with Crippen LogP contribution in [-0.4, -0.2) is 138 Å². The zero-order valence-corrected chi connectivity index (χ0v) is 33.8. The predicted molar refractivity (Wildman–Crippen MR) is 210 cm³/mol. The molecule has 10 rings (SSSR count). The molecule has 17 heteroatoms. The monoisotopic (exact) mass is 818 g/mol. The Kier molecular flexibility index (Phi) is 10.4. The first kappa shape index (κ1) is 39.2. The first-order valence-corrected chi connectivity index (χ1v) is 22.5. The Balaban J connectivity index is 0.000000152. The first-order chi connectivity index (χ1) is 27.9. The fourth-order valence-corrected chi connectivity index (χ4v) is 11.3. The molecule has 58 heavy (non-hydrogen) atoms. The van der Waals surface area contributed by atoms with Crippen LogP contribution in [0.3, 0.4) is 0 Å². The van der Waals surface area contributed by atoms with E-state index in [-0.39, 0.29) is 59.5 Å². The number of amides is 6. The number of hydrogen-bond donors (Lipinski definition) is 3. The summed E-state index contributed by atoms with van der Waals surface area (Å²) in [7, 11) is -3.13. The highest BCUT2D eigenvalue weighted by Crippen LogP contribution is 2.49. The number of piperidine rings is 2. The highest BCUT2D eigenvalue weighted by Gasteiger charge is 2.56. The third-order valence-corrected chi connectivity index (χ3v) is 14.8. The summed E-state index contributed by atoms with van der Waals surface area (Å²) in [6.07, 6.45) is 7.78. The van der Waals surface area contributed by atoms with E-state index in [0.29, 0.717) is 57.6 Å². The van der Waals surface area contributed by atoms with Gasteiger partial charge in [0, 0.05) is 56.8 Å². The van der Waals surface area contributed by atoms with Crippen LogP contribution in [0.4, 0.5) is 9.59 Å². The van der Waals surface area contributed by atoms with Gasteiger partial charge in [0.05, 0.1) is 18.3 Å². The minimum Gasteiger partial charge on any atom is -0.352 e. The maximum atomic E-state index is 12.9. The molecule has 0 radical (unpaired) electrons. The molecule has 4 atom stereocenters. The molecule has 2 spiro atoms. The van der Waals surface area contributed by atoms with Crippen LogP contribution in [0.15, 0.2) is 60.7 Å². The Morgan fingerprint density at radius 2 is 1.12 bits per heavy atom. The van der Waals surface area contributed by atoms with Crippen molar-refractivity contribution in [1.29, 1.82) is 0 Å². The summed E-state index contributed by atoms with van der Waals surface area (Å²) >= 11 is 0. The molecule has 0 aromatic heterocycles. The number of rotatable bonds is 11. The lowest BCUT2D eigenvalue weighted by molar-refractivity contribution is -0.140. The van der Waals surface area contributed by atoms with Crippen molar-refractivity contribution < 1.29 is 37.3 Å². The van der Waals surface area contributed by atoms with Crippen LogP contribution < -0.4 is 16.0 Å². The van der Waals surface area contributed by atoms with E-state index in [9.17, 15) is 27.6 Å². The van der Waals surface area contributed by atoms with Gasteiger partial charge in [0.1, 0.15) is 25.3 Å². The maximum absolute atomic E-state index is 12.9. The van der Waals surface area contributed by atoms with Crippen molar-refractivity contribution in [1.82, 2.24) is 40.2 Å². The zero-order valence-electron chi connectivity index (χ0n) is 33.0. The van der Waals surface area contributed by atoms with E-state index in [1.54, 1.807) is 9.80 Å². The number of nitrogens with one attached hydrogen (secondary N) is 3. The molecule has 16 nitrogen and oxygen atoms in total. The van der Waals surface area contributed by atoms with Crippen LogP contribution in [-0.2, 0) is 42.5 Å². The smallest absolute Gasteiger partial charge is 0.345 e. The van der Waals surface area contributed by atoms with Crippen molar-refractivity contribution in [3.05, 3.63) is 71.8 Å². The summed E-state index contributed by atoms with van der Waals surface area (Å²) in [5, 5.41) is 12.5. The van der Waals surface area contributed by atoms with Crippen molar-refractivity contribution in [3.63, 3.8) is 0 Å². The lowest BCUT2D eigenvalue weighted by Crippen LogP contribution is -2.68. The molecule has 6 amide bonds. The Hall–Kier alpha value is -4.29. The summed E-state index contributed by atoms with van der Waals surface area (Å²) in [4.78, 5) is 66.2. The minimum atomic E-state index is -3.13. The van der Waals surface area contributed by atoms with Crippen molar-refractivity contribution in [2.45, 2.75) is 101 Å². The highest BCUT2D eigenvalue weighted by molar-refractivity contribution is 7.88. The highest BCUT2D eigenvalue weighted by atomic mass is 32.2. The molecule has 8 aliphatic rings. The van der Waals surface area contributed by atoms with E-state index in [2.05, 4.69) is 16.0 Å². The quantitative estimate of drug-likeness (QED) is 0.308. The van der Waals surface area contributed by atoms with Crippen LogP contribution in [0.2, 0.25) is 0 Å². The second kappa shape index (κ2) is 15.4. The molecule has 2 aliphatic carbocycles. The van der Waals surface area contributed by atoms with Crippen molar-refractivity contribution in [2.24, 2.45) is 10.8 Å². The Morgan fingerprint density at radius 3 is 1.52 bits per heavy atom. The van der Waals surface area contributed by atoms with E-state index < -0.39 is 16.1 Å². The lowest BCUT2D eigenvalue weighted by Gasteiger charge is -2.58. The fourth-order valence-electron chi connectivity index (χ4n) is 10.3. The van der Waals surface area contributed by atoms with Gasteiger partial charge in [-0.3, -0.25) is 19.3 Å². The van der Waals surface area contributed by atoms with E-state index in [1.165, 1.54) is 20.7 Å². The van der Waals surface area contributed by atoms with Gasteiger partial charge in [-0.15, -0.1) is 0 Å². The average molecular weight is 819 g/mol. The van der Waals surface area contributed by atoms with Gasteiger partial charge in [0.25, 0.3) is 0 Å². The number of hydroxylamine groups is 4. The zero-order chi connectivity index (χ0) is 40.2. The average Bonchev–Trinajstić information content (AvgIpc) is 3.53. The number of sulfonamides is 1. The van der Waals surface area contributed by atoms with Gasteiger partial charge in [0.2, 0.25) is 21.8 Å². The van der Waals surface area contributed by atoms with Gasteiger partial charge in [-0.05, 0) is 67.9 Å². The number of hydrogen-bond acceptors (Lipinski definition) is 9. The second-order valence-electron chi connectivity index (χ2n) is 17.9. The summed E-state index contributed by atoms with van der Waals surface area (Å²) in [6.45, 7) is 5.00. The summed E-state index contributed by atoms with van der Waals surface area (Å²) in [6, 6.07) is 18.6. The molecule has 6 saturated heterocycles. The van der Waals surface area contributed by atoms with Crippen molar-refractivity contribution in [2.75, 3.05) is 45.5 Å². The molecule has 2 saturated carbocycles. The molecular formula is C41H54N8O8S. The summed E-state index contributed by atoms with van der Waals surface area (Å²) in [5.74, 6) is -0.116. The van der Waals surface area contributed by atoms with Gasteiger partial charge in [-0.25, -0.2) is 22.3 Å². The molecule has 0 unspecified atom stereocenters. The summed E-state index contributed by atoms with van der Waals surface area (Å²) < 4.78 is 24.6. The second-order valence-corrected chi connectivity index (χ2v) is 19.9. The molecule has 6 heterocycles. The third kappa shape index (κ3) is 7.67. The van der Waals surface area contributed by atoms with Crippen LogP contribution in [0.25, 0.3) is 0 Å². The van der Waals surface area contributed by atoms with E-state index >= 15 is 0 Å². The molecular weight excluding hydrogens is 765 g/mol. The van der Waals surface area contributed by atoms with Gasteiger partial charge in [0.15, 0.2) is 0 Å². The number of benzene rings is 2. The molecule has 2 aromatic rings. The molecule has 3 N–H and O–H groups in total. The van der Waals surface area contributed by atoms with Crippen LogP contribution >= 0.6 is 0 Å².